The number of furan rings is 1. The molecular weight excluding hydrogens is 320 g/mol. The van der Waals surface area contributed by atoms with Gasteiger partial charge in [-0.05, 0) is 41.7 Å². The van der Waals surface area contributed by atoms with Crippen molar-refractivity contribution in [3.63, 3.8) is 0 Å². The van der Waals surface area contributed by atoms with Gasteiger partial charge in [-0.15, -0.1) is 0 Å². The maximum Gasteiger partial charge on any atom is 0.289 e. The second-order valence-electron chi connectivity index (χ2n) is 5.47. The molecule has 0 radical (unpaired) electrons. The minimum Gasteiger partial charge on any atom is -0.440 e. The van der Waals surface area contributed by atoms with Crippen LogP contribution in [0.2, 0.25) is 5.22 Å². The fourth-order valence-corrected chi connectivity index (χ4v) is 2.74. The monoisotopic (exact) mass is 338 g/mol. The molecule has 0 atom stereocenters. The van der Waals surface area contributed by atoms with Gasteiger partial charge in [0.2, 0.25) is 5.89 Å². The Bertz CT molecular complexity index is 669. The predicted octanol–water partition coefficient (Wildman–Crippen LogP) is 2.62. The average molecular weight is 339 g/mol. The molecule has 124 valence electrons. The summed E-state index contributed by atoms with van der Waals surface area (Å²) in [5.74, 6) is 1.39. The number of amides is 1. The fraction of sp³-hybridized carbons (Fsp3) is 0.533. The van der Waals surface area contributed by atoms with Gasteiger partial charge in [-0.2, -0.15) is 4.98 Å². The summed E-state index contributed by atoms with van der Waals surface area (Å²) in [6.45, 7) is 4.75. The lowest BCUT2D eigenvalue weighted by atomic mass is 10.3. The summed E-state index contributed by atoms with van der Waals surface area (Å²) >= 11 is 5.73. The van der Waals surface area contributed by atoms with Gasteiger partial charge >= 0.3 is 0 Å². The number of carbonyl (C=O) groups is 1. The molecule has 2 aromatic rings. The summed E-state index contributed by atoms with van der Waals surface area (Å²) in [6, 6.07) is 3.18. The molecule has 0 N–H and O–H groups in total. The third-order valence-electron chi connectivity index (χ3n) is 3.77. The number of aromatic nitrogens is 2. The topological polar surface area (TPSA) is 75.6 Å². The predicted molar refractivity (Wildman–Crippen MR) is 84.7 cm³/mol. The van der Waals surface area contributed by atoms with E-state index in [1.165, 1.54) is 0 Å². The Morgan fingerprint density at radius 2 is 2.17 bits per heavy atom. The van der Waals surface area contributed by atoms with Crippen LogP contribution in [0, 0.1) is 0 Å². The number of carbonyl (C=O) groups excluding carboxylic acids is 1. The van der Waals surface area contributed by atoms with E-state index in [0.717, 1.165) is 25.8 Å². The molecule has 1 fully saturated rings. The maximum absolute atomic E-state index is 12.4. The number of hydrogen-bond donors (Lipinski definition) is 0. The van der Waals surface area contributed by atoms with Crippen LogP contribution in [0.3, 0.4) is 0 Å². The SMILES string of the molecule is CCCc1nc(N2CCCN(C(=O)c3ccc(Cl)o3)CC2)no1. The van der Waals surface area contributed by atoms with Crippen LogP contribution in [0.25, 0.3) is 0 Å². The number of nitrogens with zero attached hydrogens (tertiary/aromatic N) is 4. The summed E-state index contributed by atoms with van der Waals surface area (Å²) in [5, 5.41) is 4.25. The second-order valence-corrected chi connectivity index (χ2v) is 5.85. The smallest absolute Gasteiger partial charge is 0.289 e. The molecular formula is C15H19ClN4O3. The van der Waals surface area contributed by atoms with Crippen molar-refractivity contribution in [2.24, 2.45) is 0 Å². The van der Waals surface area contributed by atoms with Gasteiger partial charge in [0.05, 0.1) is 0 Å². The molecule has 0 spiro atoms. The van der Waals surface area contributed by atoms with Crippen molar-refractivity contribution in [3.8, 4) is 0 Å². The van der Waals surface area contributed by atoms with Crippen molar-refractivity contribution < 1.29 is 13.7 Å². The molecule has 0 saturated carbocycles. The molecule has 0 aromatic carbocycles. The highest BCUT2D eigenvalue weighted by Gasteiger charge is 2.24. The van der Waals surface area contributed by atoms with Crippen molar-refractivity contribution in [3.05, 3.63) is 29.0 Å². The van der Waals surface area contributed by atoms with Gasteiger partial charge in [-0.1, -0.05) is 6.92 Å². The molecule has 0 unspecified atom stereocenters. The normalized spacial score (nSPS) is 15.7. The maximum atomic E-state index is 12.4. The van der Waals surface area contributed by atoms with Crippen LogP contribution >= 0.6 is 11.6 Å². The standard InChI is InChI=1S/C15H19ClN4O3/c1-2-4-13-17-15(18-23-13)20-8-3-7-19(9-10-20)14(21)11-5-6-12(16)22-11/h5-6H,2-4,7-10H2,1H3. The Morgan fingerprint density at radius 1 is 1.30 bits per heavy atom. The van der Waals surface area contributed by atoms with Gasteiger partial charge in [-0.25, -0.2) is 0 Å². The van der Waals surface area contributed by atoms with Gasteiger partial charge in [0.25, 0.3) is 11.9 Å². The van der Waals surface area contributed by atoms with Crippen LogP contribution in [-0.4, -0.2) is 47.1 Å². The highest BCUT2D eigenvalue weighted by molar-refractivity contribution is 6.29. The minimum atomic E-state index is -0.140. The van der Waals surface area contributed by atoms with E-state index >= 15 is 0 Å². The highest BCUT2D eigenvalue weighted by atomic mass is 35.5. The fourth-order valence-electron chi connectivity index (χ4n) is 2.60. The molecule has 23 heavy (non-hydrogen) atoms. The summed E-state index contributed by atoms with van der Waals surface area (Å²) in [6.07, 6.45) is 2.58. The van der Waals surface area contributed by atoms with Gasteiger partial charge in [0.15, 0.2) is 11.0 Å². The Balaban J connectivity index is 1.63. The molecule has 1 aliphatic heterocycles. The van der Waals surface area contributed by atoms with Crippen molar-refractivity contribution in [2.45, 2.75) is 26.2 Å². The lowest BCUT2D eigenvalue weighted by Gasteiger charge is -2.20. The van der Waals surface area contributed by atoms with Gasteiger partial charge in [-0.3, -0.25) is 4.79 Å². The van der Waals surface area contributed by atoms with E-state index in [4.69, 9.17) is 20.5 Å². The largest absolute Gasteiger partial charge is 0.440 e. The summed E-state index contributed by atoms with van der Waals surface area (Å²) in [7, 11) is 0. The van der Waals surface area contributed by atoms with Gasteiger partial charge < -0.3 is 18.7 Å². The van der Waals surface area contributed by atoms with E-state index in [1.54, 1.807) is 17.0 Å². The summed E-state index contributed by atoms with van der Waals surface area (Å²) in [5.41, 5.74) is 0. The summed E-state index contributed by atoms with van der Waals surface area (Å²) in [4.78, 5) is 20.6. The van der Waals surface area contributed by atoms with Crippen LogP contribution in [-0.2, 0) is 6.42 Å². The van der Waals surface area contributed by atoms with E-state index in [2.05, 4.69) is 17.1 Å². The van der Waals surface area contributed by atoms with E-state index in [9.17, 15) is 4.79 Å². The Hall–Kier alpha value is -2.02. The number of halogens is 1. The first kappa shape index (κ1) is 15.9. The quantitative estimate of drug-likeness (QED) is 0.853. The molecule has 0 aliphatic carbocycles. The van der Waals surface area contributed by atoms with E-state index < -0.39 is 0 Å². The van der Waals surface area contributed by atoms with Crippen molar-refractivity contribution in [2.75, 3.05) is 31.1 Å². The Kier molecular flexibility index (Phi) is 4.85. The van der Waals surface area contributed by atoms with Crippen LogP contribution < -0.4 is 4.90 Å². The Labute approximate surface area is 139 Å². The number of rotatable bonds is 4. The zero-order valence-corrected chi connectivity index (χ0v) is 13.8. The molecule has 0 bridgehead atoms. The van der Waals surface area contributed by atoms with Crippen LogP contribution in [0.4, 0.5) is 5.95 Å². The van der Waals surface area contributed by atoms with Crippen molar-refractivity contribution in [1.29, 1.82) is 0 Å². The second kappa shape index (κ2) is 7.04. The van der Waals surface area contributed by atoms with Crippen molar-refractivity contribution >= 4 is 23.5 Å². The number of hydrogen-bond acceptors (Lipinski definition) is 6. The third-order valence-corrected chi connectivity index (χ3v) is 3.97. The molecule has 2 aromatic heterocycles. The molecule has 1 aliphatic rings. The zero-order valence-electron chi connectivity index (χ0n) is 13.0. The molecule has 1 amide bonds. The molecule has 7 nitrogen and oxygen atoms in total. The third kappa shape index (κ3) is 3.67. The zero-order chi connectivity index (χ0) is 16.2. The van der Waals surface area contributed by atoms with E-state index in [-0.39, 0.29) is 16.9 Å². The minimum absolute atomic E-state index is 0.140. The molecule has 3 heterocycles. The van der Waals surface area contributed by atoms with Gasteiger partial charge in [0, 0.05) is 32.6 Å². The molecule has 8 heteroatoms. The van der Waals surface area contributed by atoms with Crippen LogP contribution in [0.15, 0.2) is 21.1 Å². The first-order valence-electron chi connectivity index (χ1n) is 7.79. The number of anilines is 1. The lowest BCUT2D eigenvalue weighted by molar-refractivity contribution is 0.0735. The first-order chi connectivity index (χ1) is 11.2. The molecule has 1 saturated heterocycles. The number of aryl methyl sites for hydroxylation is 1. The Morgan fingerprint density at radius 3 is 2.91 bits per heavy atom. The first-order valence-corrected chi connectivity index (χ1v) is 8.17. The van der Waals surface area contributed by atoms with Crippen LogP contribution in [0.5, 0.6) is 0 Å². The highest BCUT2D eigenvalue weighted by Crippen LogP contribution is 2.18. The lowest BCUT2D eigenvalue weighted by Crippen LogP contribution is -2.35. The summed E-state index contributed by atoms with van der Waals surface area (Å²) < 4.78 is 10.4. The van der Waals surface area contributed by atoms with E-state index in [1.807, 2.05) is 4.90 Å². The average Bonchev–Trinajstić information content (AvgIpc) is 3.10. The van der Waals surface area contributed by atoms with Crippen LogP contribution in [0.1, 0.15) is 36.2 Å². The van der Waals surface area contributed by atoms with Gasteiger partial charge in [0.1, 0.15) is 0 Å². The van der Waals surface area contributed by atoms with Crippen molar-refractivity contribution in [1.82, 2.24) is 15.0 Å². The van der Waals surface area contributed by atoms with E-state index in [0.29, 0.717) is 31.5 Å². The molecule has 3 rings (SSSR count).